The summed E-state index contributed by atoms with van der Waals surface area (Å²) in [5, 5.41) is 8.78. The Balaban J connectivity index is 3.05. The second-order valence-corrected chi connectivity index (χ2v) is 2.55. The van der Waals surface area contributed by atoms with Gasteiger partial charge in [-0.25, -0.2) is 0 Å². The highest BCUT2D eigenvalue weighted by Gasteiger charge is 2.04. The van der Waals surface area contributed by atoms with Crippen LogP contribution in [0.25, 0.3) is 0 Å². The van der Waals surface area contributed by atoms with E-state index in [1.165, 1.54) is 6.92 Å². The second kappa shape index (κ2) is 2.88. The summed E-state index contributed by atoms with van der Waals surface area (Å²) in [5.74, 6) is 0.0281. The highest BCUT2D eigenvalue weighted by Crippen LogP contribution is 2.07. The Morgan fingerprint density at radius 3 is 2.64 bits per heavy atom. The average Bonchev–Trinajstić information content (AvgIpc) is 2.31. The topological polar surface area (TPSA) is 42.2 Å². The van der Waals surface area contributed by atoms with Crippen molar-refractivity contribution in [2.24, 2.45) is 7.05 Å². The Morgan fingerprint density at radius 1 is 1.73 bits per heavy atom. The van der Waals surface area contributed by atoms with Gasteiger partial charge in [-0.05, 0) is 13.0 Å². The van der Waals surface area contributed by atoms with E-state index in [1.54, 1.807) is 23.9 Å². The molecule has 0 amide bonds. The Labute approximate surface area is 65.3 Å². The largest absolute Gasteiger partial charge is 0.390 e. The van der Waals surface area contributed by atoms with Gasteiger partial charge in [0.05, 0.1) is 6.61 Å². The lowest BCUT2D eigenvalue weighted by atomic mass is 10.2. The maximum atomic E-state index is 10.8. The molecule has 3 heteroatoms. The minimum atomic E-state index is -0.0240. The molecule has 0 aliphatic heterocycles. The molecule has 0 saturated carbocycles. The zero-order valence-corrected chi connectivity index (χ0v) is 6.66. The first-order valence-corrected chi connectivity index (χ1v) is 3.42. The molecule has 0 aromatic carbocycles. The number of carbonyl (C=O) groups is 1. The van der Waals surface area contributed by atoms with Crippen LogP contribution >= 0.6 is 0 Å². The molecule has 0 bridgehead atoms. The van der Waals surface area contributed by atoms with Crippen molar-refractivity contribution < 1.29 is 9.90 Å². The Bertz CT molecular complexity index is 276. The van der Waals surface area contributed by atoms with Crippen molar-refractivity contribution in [2.45, 2.75) is 13.5 Å². The number of ketones is 1. The van der Waals surface area contributed by atoms with Gasteiger partial charge >= 0.3 is 0 Å². The molecule has 1 aromatic rings. The quantitative estimate of drug-likeness (QED) is 0.636. The molecular weight excluding hydrogens is 142 g/mol. The molecule has 0 aliphatic rings. The van der Waals surface area contributed by atoms with Crippen molar-refractivity contribution in [3.8, 4) is 0 Å². The first-order chi connectivity index (χ1) is 5.15. The fourth-order valence-corrected chi connectivity index (χ4v) is 0.960. The molecule has 0 unspecified atom stereocenters. The molecular formula is C8H11NO2. The highest BCUT2D eigenvalue weighted by atomic mass is 16.3. The fraction of sp³-hybridized carbons (Fsp3) is 0.375. The van der Waals surface area contributed by atoms with Gasteiger partial charge in [0.2, 0.25) is 0 Å². The Morgan fingerprint density at radius 2 is 2.36 bits per heavy atom. The lowest BCUT2D eigenvalue weighted by Gasteiger charge is -1.94. The van der Waals surface area contributed by atoms with Gasteiger partial charge in [0.15, 0.2) is 5.78 Å². The van der Waals surface area contributed by atoms with Crippen LogP contribution in [-0.2, 0) is 13.7 Å². The normalized spacial score (nSPS) is 10.1. The van der Waals surface area contributed by atoms with Crippen molar-refractivity contribution in [1.29, 1.82) is 0 Å². The van der Waals surface area contributed by atoms with E-state index in [-0.39, 0.29) is 12.4 Å². The lowest BCUT2D eigenvalue weighted by Crippen LogP contribution is -1.92. The number of hydrogen-bond donors (Lipinski definition) is 1. The van der Waals surface area contributed by atoms with Crippen LogP contribution < -0.4 is 0 Å². The summed E-state index contributed by atoms with van der Waals surface area (Å²) in [5.41, 5.74) is 1.41. The lowest BCUT2D eigenvalue weighted by molar-refractivity contribution is 0.101. The molecule has 0 spiro atoms. The molecule has 1 aromatic heterocycles. The predicted octanol–water partition coefficient (Wildman–Crippen LogP) is 0.720. The van der Waals surface area contributed by atoms with Crippen LogP contribution in [0.3, 0.4) is 0 Å². The summed E-state index contributed by atoms with van der Waals surface area (Å²) < 4.78 is 1.75. The van der Waals surface area contributed by atoms with Crippen LogP contribution in [0.5, 0.6) is 0 Å². The first-order valence-electron chi connectivity index (χ1n) is 3.42. The molecule has 0 radical (unpaired) electrons. The molecule has 60 valence electrons. The number of hydrogen-bond acceptors (Lipinski definition) is 2. The van der Waals surface area contributed by atoms with Crippen LogP contribution in [-0.4, -0.2) is 15.5 Å². The maximum Gasteiger partial charge on any atom is 0.161 e. The van der Waals surface area contributed by atoms with Crippen molar-refractivity contribution in [3.63, 3.8) is 0 Å². The SMILES string of the molecule is CC(=O)c1cc(CO)n(C)c1. The number of aromatic nitrogens is 1. The summed E-state index contributed by atoms with van der Waals surface area (Å²) in [6.07, 6.45) is 1.72. The molecule has 0 fully saturated rings. The van der Waals surface area contributed by atoms with Gasteiger partial charge in [0.1, 0.15) is 0 Å². The standard InChI is InChI=1S/C8H11NO2/c1-6(11)7-3-8(5-10)9(2)4-7/h3-4,10H,5H2,1-2H3. The highest BCUT2D eigenvalue weighted by molar-refractivity contribution is 5.94. The summed E-state index contributed by atoms with van der Waals surface area (Å²) >= 11 is 0. The number of rotatable bonds is 2. The molecule has 0 aliphatic carbocycles. The van der Waals surface area contributed by atoms with Gasteiger partial charge < -0.3 is 9.67 Å². The fourth-order valence-electron chi connectivity index (χ4n) is 0.960. The van der Waals surface area contributed by atoms with Crippen LogP contribution in [0.1, 0.15) is 23.0 Å². The van der Waals surface area contributed by atoms with Gasteiger partial charge in [0, 0.05) is 24.5 Å². The number of carbonyl (C=O) groups excluding carboxylic acids is 1. The van der Waals surface area contributed by atoms with Crippen molar-refractivity contribution >= 4 is 5.78 Å². The molecule has 3 nitrogen and oxygen atoms in total. The van der Waals surface area contributed by atoms with Gasteiger partial charge in [-0.1, -0.05) is 0 Å². The van der Waals surface area contributed by atoms with E-state index in [0.717, 1.165) is 5.69 Å². The molecule has 0 atom stereocenters. The van der Waals surface area contributed by atoms with Crippen LogP contribution in [0.15, 0.2) is 12.3 Å². The summed E-state index contributed by atoms with van der Waals surface area (Å²) in [4.78, 5) is 10.8. The van der Waals surface area contributed by atoms with Gasteiger partial charge in [0.25, 0.3) is 0 Å². The van der Waals surface area contributed by atoms with Gasteiger partial charge in [-0.3, -0.25) is 4.79 Å². The minimum Gasteiger partial charge on any atom is -0.390 e. The van der Waals surface area contributed by atoms with E-state index < -0.39 is 0 Å². The monoisotopic (exact) mass is 153 g/mol. The molecule has 0 saturated heterocycles. The molecule has 11 heavy (non-hydrogen) atoms. The van der Waals surface area contributed by atoms with Crippen LogP contribution in [0.4, 0.5) is 0 Å². The number of aliphatic hydroxyl groups is 1. The summed E-state index contributed by atoms with van der Waals surface area (Å²) in [6.45, 7) is 1.49. The third kappa shape index (κ3) is 1.49. The van der Waals surface area contributed by atoms with E-state index in [2.05, 4.69) is 0 Å². The zero-order chi connectivity index (χ0) is 8.43. The second-order valence-electron chi connectivity index (χ2n) is 2.55. The summed E-state index contributed by atoms with van der Waals surface area (Å²) in [6, 6.07) is 1.70. The number of aliphatic hydroxyl groups excluding tert-OH is 1. The minimum absolute atomic E-state index is 0.0240. The maximum absolute atomic E-state index is 10.8. The van der Waals surface area contributed by atoms with Crippen molar-refractivity contribution in [3.05, 3.63) is 23.5 Å². The van der Waals surface area contributed by atoms with E-state index in [1.807, 2.05) is 0 Å². The van der Waals surface area contributed by atoms with Crippen molar-refractivity contribution in [1.82, 2.24) is 4.57 Å². The molecule has 1 rings (SSSR count). The van der Waals surface area contributed by atoms with E-state index in [4.69, 9.17) is 5.11 Å². The van der Waals surface area contributed by atoms with Crippen LogP contribution in [0.2, 0.25) is 0 Å². The zero-order valence-electron chi connectivity index (χ0n) is 6.66. The predicted molar refractivity (Wildman–Crippen MR) is 41.3 cm³/mol. The van der Waals surface area contributed by atoms with E-state index in [9.17, 15) is 4.79 Å². The average molecular weight is 153 g/mol. The number of Topliss-reactive ketones (excluding diaryl/α,β-unsaturated/α-hetero) is 1. The molecule has 1 N–H and O–H groups in total. The molecule has 1 heterocycles. The smallest absolute Gasteiger partial charge is 0.161 e. The Hall–Kier alpha value is -1.09. The van der Waals surface area contributed by atoms with E-state index in [0.29, 0.717) is 5.56 Å². The first kappa shape index (κ1) is 8.01. The third-order valence-corrected chi connectivity index (χ3v) is 1.68. The third-order valence-electron chi connectivity index (χ3n) is 1.68. The summed E-state index contributed by atoms with van der Waals surface area (Å²) in [7, 11) is 1.80. The number of aryl methyl sites for hydroxylation is 1. The van der Waals surface area contributed by atoms with E-state index >= 15 is 0 Å². The van der Waals surface area contributed by atoms with Gasteiger partial charge in [-0.15, -0.1) is 0 Å². The Kier molecular flexibility index (Phi) is 2.10. The van der Waals surface area contributed by atoms with Gasteiger partial charge in [-0.2, -0.15) is 0 Å². The van der Waals surface area contributed by atoms with Crippen LogP contribution in [0, 0.1) is 0 Å². The number of nitrogens with zero attached hydrogens (tertiary/aromatic N) is 1. The van der Waals surface area contributed by atoms with Crippen molar-refractivity contribution in [2.75, 3.05) is 0 Å².